The number of hydrogen-bond donors (Lipinski definition) is 2. The van der Waals surface area contributed by atoms with Crippen molar-refractivity contribution in [2.45, 2.75) is 11.9 Å². The average Bonchev–Trinajstić information content (AvgIpc) is 2.73. The molecule has 0 saturated heterocycles. The number of benzene rings is 2. The van der Waals surface area contributed by atoms with Crippen LogP contribution in [-0.4, -0.2) is 26.4 Å². The third-order valence-corrected chi connectivity index (χ3v) is 5.44. The maximum atomic E-state index is 13.1. The van der Waals surface area contributed by atoms with Gasteiger partial charge < -0.3 is 10.4 Å². The normalized spacial score (nSPS) is 10.8. The first-order chi connectivity index (χ1) is 14.5. The van der Waals surface area contributed by atoms with Gasteiger partial charge in [-0.15, -0.1) is 0 Å². The molecule has 30 heavy (non-hydrogen) atoms. The second-order valence-corrected chi connectivity index (χ2v) is 7.67. The molecule has 0 unspecified atom stereocenters. The number of hydrogen-bond acceptors (Lipinski definition) is 5. The van der Waals surface area contributed by atoms with E-state index in [-0.39, 0.29) is 11.2 Å². The molecule has 2 aromatic heterocycles. The number of para-hydroxylation sites is 2. The first-order valence-electron chi connectivity index (χ1n) is 9.32. The van der Waals surface area contributed by atoms with Gasteiger partial charge in [0.2, 0.25) is 0 Å². The van der Waals surface area contributed by atoms with Crippen molar-refractivity contribution in [1.29, 1.82) is 0 Å². The van der Waals surface area contributed by atoms with Crippen molar-refractivity contribution in [3.8, 4) is 5.69 Å². The maximum Gasteiger partial charge on any atom is 0.313 e. The van der Waals surface area contributed by atoms with Crippen LogP contribution in [0.3, 0.4) is 0 Å². The van der Waals surface area contributed by atoms with Crippen molar-refractivity contribution in [2.75, 3.05) is 11.1 Å². The Morgan fingerprint density at radius 1 is 1.07 bits per heavy atom. The molecule has 6 nitrogen and oxygen atoms in total. The summed E-state index contributed by atoms with van der Waals surface area (Å²) in [6.07, 6.45) is 0. The zero-order valence-electron chi connectivity index (χ0n) is 16.2. The van der Waals surface area contributed by atoms with Gasteiger partial charge in [0.05, 0.1) is 16.7 Å². The van der Waals surface area contributed by atoms with Crippen LogP contribution in [0, 0.1) is 6.92 Å². The quantitative estimate of drug-likeness (QED) is 0.446. The Hall–Kier alpha value is -3.58. The summed E-state index contributed by atoms with van der Waals surface area (Å²) >= 11 is 1.06. The van der Waals surface area contributed by atoms with E-state index in [1.165, 1.54) is 6.07 Å². The fourth-order valence-corrected chi connectivity index (χ4v) is 4.10. The lowest BCUT2D eigenvalue weighted by Crippen LogP contribution is -2.14. The summed E-state index contributed by atoms with van der Waals surface area (Å²) in [5.74, 6) is -0.507. The Morgan fingerprint density at radius 2 is 1.73 bits per heavy atom. The molecule has 4 rings (SSSR count). The van der Waals surface area contributed by atoms with E-state index in [2.05, 4.69) is 10.3 Å². The second-order valence-electron chi connectivity index (χ2n) is 6.70. The molecular formula is C23H19N3O3S. The Balaban J connectivity index is 2.00. The first-order valence-corrected chi connectivity index (χ1v) is 10.3. The molecule has 0 saturated carbocycles. The molecule has 0 aliphatic rings. The molecule has 4 aromatic rings. The number of nitrogens with zero attached hydrogens (tertiary/aromatic N) is 2. The fourth-order valence-electron chi connectivity index (χ4n) is 3.28. The third kappa shape index (κ3) is 4.06. The molecule has 0 aliphatic carbocycles. The lowest BCUT2D eigenvalue weighted by atomic mass is 10.2. The monoisotopic (exact) mass is 417 g/mol. The van der Waals surface area contributed by atoms with Crippen molar-refractivity contribution in [3.63, 3.8) is 0 Å². The largest absolute Gasteiger partial charge is 0.481 e. The molecule has 0 bridgehead atoms. The van der Waals surface area contributed by atoms with Crippen LogP contribution in [0.1, 0.15) is 5.69 Å². The summed E-state index contributed by atoms with van der Waals surface area (Å²) in [5, 5.41) is 13.3. The number of anilines is 2. The van der Waals surface area contributed by atoms with Crippen LogP contribution in [0.5, 0.6) is 0 Å². The number of aromatic nitrogens is 2. The van der Waals surface area contributed by atoms with E-state index in [0.717, 1.165) is 23.1 Å². The molecule has 0 fully saturated rings. The lowest BCUT2D eigenvalue weighted by Gasteiger charge is -2.19. The van der Waals surface area contributed by atoms with E-state index in [9.17, 15) is 9.59 Å². The van der Waals surface area contributed by atoms with Crippen LogP contribution >= 0.6 is 11.8 Å². The van der Waals surface area contributed by atoms with E-state index in [1.54, 1.807) is 0 Å². The molecule has 0 aliphatic heterocycles. The maximum absolute atomic E-state index is 13.1. The lowest BCUT2D eigenvalue weighted by molar-refractivity contribution is -0.133. The van der Waals surface area contributed by atoms with E-state index in [4.69, 9.17) is 5.11 Å². The second kappa shape index (κ2) is 8.42. The number of rotatable bonds is 6. The Morgan fingerprint density at radius 3 is 2.40 bits per heavy atom. The molecule has 7 heteroatoms. The summed E-state index contributed by atoms with van der Waals surface area (Å²) in [6.45, 7) is 1.83. The van der Waals surface area contributed by atoms with Crippen LogP contribution in [0.2, 0.25) is 0 Å². The summed E-state index contributed by atoms with van der Waals surface area (Å²) in [4.78, 5) is 28.6. The molecule has 2 aromatic carbocycles. The van der Waals surface area contributed by atoms with Crippen molar-refractivity contribution >= 4 is 40.1 Å². The molecule has 0 spiro atoms. The Kier molecular flexibility index (Phi) is 5.54. The average molecular weight is 417 g/mol. The predicted molar refractivity (Wildman–Crippen MR) is 120 cm³/mol. The molecule has 2 heterocycles. The van der Waals surface area contributed by atoms with Crippen LogP contribution in [0.25, 0.3) is 16.6 Å². The topological polar surface area (TPSA) is 84.2 Å². The molecule has 150 valence electrons. The number of carboxylic acid groups (broad SMARTS) is 1. The number of aliphatic carboxylic acids is 1. The van der Waals surface area contributed by atoms with Gasteiger partial charge in [0, 0.05) is 23.1 Å². The Labute approximate surface area is 177 Å². The molecule has 0 atom stereocenters. The number of nitrogens with one attached hydrogen (secondary N) is 1. The SMILES string of the molecule is Cc1cc2c(c(SCC(=O)O)n1)c(=O)cc(Nc1ccccc1)n2-c1ccccc1. The molecule has 2 N–H and O–H groups in total. The van der Waals surface area contributed by atoms with Gasteiger partial charge in [0.25, 0.3) is 0 Å². The van der Waals surface area contributed by atoms with Crippen molar-refractivity contribution in [1.82, 2.24) is 9.55 Å². The van der Waals surface area contributed by atoms with Crippen LogP contribution in [0.15, 0.2) is 82.6 Å². The van der Waals surface area contributed by atoms with Gasteiger partial charge in [-0.3, -0.25) is 14.2 Å². The highest BCUT2D eigenvalue weighted by atomic mass is 32.2. The fraction of sp³-hybridized carbons (Fsp3) is 0.0870. The van der Waals surface area contributed by atoms with Gasteiger partial charge in [-0.2, -0.15) is 0 Å². The van der Waals surface area contributed by atoms with Crippen molar-refractivity contribution in [3.05, 3.63) is 88.7 Å². The number of thioether (sulfide) groups is 1. The van der Waals surface area contributed by atoms with E-state index in [0.29, 0.717) is 27.4 Å². The smallest absolute Gasteiger partial charge is 0.313 e. The van der Waals surface area contributed by atoms with E-state index < -0.39 is 5.97 Å². The number of carboxylic acids is 1. The van der Waals surface area contributed by atoms with E-state index >= 15 is 0 Å². The summed E-state index contributed by atoms with van der Waals surface area (Å²) in [6, 6.07) is 22.7. The Bertz CT molecular complexity index is 1270. The zero-order chi connectivity index (χ0) is 21.1. The van der Waals surface area contributed by atoms with Gasteiger partial charge in [-0.25, -0.2) is 4.98 Å². The third-order valence-electron chi connectivity index (χ3n) is 4.48. The highest BCUT2D eigenvalue weighted by molar-refractivity contribution is 8.00. The summed E-state index contributed by atoms with van der Waals surface area (Å²) < 4.78 is 1.96. The van der Waals surface area contributed by atoms with Crippen molar-refractivity contribution < 1.29 is 9.90 Å². The summed E-state index contributed by atoms with van der Waals surface area (Å²) in [5.41, 5.74) is 2.90. The van der Waals surface area contributed by atoms with Crippen molar-refractivity contribution in [2.24, 2.45) is 0 Å². The standard InChI is InChI=1S/C23H19N3O3S/c1-15-12-18-22(23(24-15)30-14-21(28)29)19(27)13-20(25-16-8-4-2-5-9-16)26(18)17-10-6-3-7-11-17/h2-13,25H,14H2,1H3,(H,28,29). The highest BCUT2D eigenvalue weighted by Gasteiger charge is 2.17. The van der Waals surface area contributed by atoms with Gasteiger partial charge >= 0.3 is 5.97 Å². The first kappa shape index (κ1) is 19.7. The molecule has 0 radical (unpaired) electrons. The summed E-state index contributed by atoms with van der Waals surface area (Å²) in [7, 11) is 0. The van der Waals surface area contributed by atoms with Gasteiger partial charge in [-0.1, -0.05) is 48.2 Å². The number of pyridine rings is 2. The van der Waals surface area contributed by atoms with Gasteiger partial charge in [0.15, 0.2) is 5.43 Å². The number of carbonyl (C=O) groups is 1. The number of aryl methyl sites for hydroxylation is 1. The minimum atomic E-state index is -0.956. The zero-order valence-corrected chi connectivity index (χ0v) is 17.0. The predicted octanol–water partition coefficient (Wildman–Crippen LogP) is 4.61. The highest BCUT2D eigenvalue weighted by Crippen LogP contribution is 2.30. The van der Waals surface area contributed by atoms with Crippen LogP contribution in [-0.2, 0) is 4.79 Å². The van der Waals surface area contributed by atoms with Crippen LogP contribution < -0.4 is 10.7 Å². The minimum Gasteiger partial charge on any atom is -0.481 e. The van der Waals surface area contributed by atoms with Crippen LogP contribution in [0.4, 0.5) is 11.5 Å². The minimum absolute atomic E-state index is 0.166. The van der Waals surface area contributed by atoms with E-state index in [1.807, 2.05) is 78.2 Å². The van der Waals surface area contributed by atoms with Gasteiger partial charge in [0.1, 0.15) is 10.8 Å². The van der Waals surface area contributed by atoms with Gasteiger partial charge in [-0.05, 0) is 37.3 Å². The number of fused-ring (bicyclic) bond motifs is 1. The molecule has 0 amide bonds. The molecular weight excluding hydrogens is 398 g/mol.